The van der Waals surface area contributed by atoms with Crippen molar-refractivity contribution in [2.45, 2.75) is 32.6 Å². The third kappa shape index (κ3) is 3.32. The summed E-state index contributed by atoms with van der Waals surface area (Å²) >= 11 is 0. The lowest BCUT2D eigenvalue weighted by Gasteiger charge is -2.27. The van der Waals surface area contributed by atoms with Crippen molar-refractivity contribution in [2.75, 3.05) is 13.1 Å². The number of hydrogen-bond acceptors (Lipinski definition) is 4. The van der Waals surface area contributed by atoms with Crippen LogP contribution in [0.5, 0.6) is 0 Å². The molecule has 5 nitrogen and oxygen atoms in total. The molecule has 0 radical (unpaired) electrons. The van der Waals surface area contributed by atoms with Gasteiger partial charge < -0.3 is 15.6 Å². The van der Waals surface area contributed by atoms with Crippen molar-refractivity contribution < 1.29 is 9.32 Å². The average molecular weight is 251 g/mol. The fourth-order valence-corrected chi connectivity index (χ4v) is 2.47. The summed E-state index contributed by atoms with van der Waals surface area (Å²) < 4.78 is 4.88. The molecule has 0 saturated heterocycles. The second kappa shape index (κ2) is 6.00. The van der Waals surface area contributed by atoms with E-state index in [9.17, 15) is 4.79 Å². The first-order chi connectivity index (χ1) is 8.69. The fourth-order valence-electron chi connectivity index (χ4n) is 2.47. The number of carbonyl (C=O) groups is 1. The summed E-state index contributed by atoms with van der Waals surface area (Å²) in [6, 6.07) is 1.65. The number of hydrogen-bond donors (Lipinski definition) is 2. The minimum Gasteiger partial charge on any atom is -0.361 e. The van der Waals surface area contributed by atoms with E-state index in [-0.39, 0.29) is 5.91 Å². The van der Waals surface area contributed by atoms with Crippen LogP contribution in [-0.4, -0.2) is 24.2 Å². The Morgan fingerprint density at radius 3 is 2.67 bits per heavy atom. The molecule has 1 amide bonds. The van der Waals surface area contributed by atoms with Crippen molar-refractivity contribution in [3.8, 4) is 0 Å². The highest BCUT2D eigenvalue weighted by Crippen LogP contribution is 2.27. The molecule has 3 N–H and O–H groups in total. The summed E-state index contributed by atoms with van der Waals surface area (Å²) in [4.78, 5) is 11.8. The van der Waals surface area contributed by atoms with Gasteiger partial charge in [-0.05, 0) is 51.0 Å². The molecule has 1 aliphatic rings. The van der Waals surface area contributed by atoms with Crippen LogP contribution < -0.4 is 11.1 Å². The molecule has 1 aliphatic carbocycles. The normalized spacial score (nSPS) is 23.9. The second-order valence-corrected chi connectivity index (χ2v) is 5.16. The number of nitrogens with two attached hydrogens (primary N) is 1. The van der Waals surface area contributed by atoms with Gasteiger partial charge >= 0.3 is 0 Å². The minimum absolute atomic E-state index is 0.146. The van der Waals surface area contributed by atoms with Gasteiger partial charge in [0.2, 0.25) is 0 Å². The van der Waals surface area contributed by atoms with Gasteiger partial charge in [0.25, 0.3) is 5.91 Å². The van der Waals surface area contributed by atoms with Crippen molar-refractivity contribution in [1.29, 1.82) is 0 Å². The molecule has 2 rings (SSSR count). The van der Waals surface area contributed by atoms with E-state index in [2.05, 4.69) is 10.5 Å². The van der Waals surface area contributed by atoms with Crippen LogP contribution in [0, 0.1) is 18.8 Å². The van der Waals surface area contributed by atoms with Gasteiger partial charge in [-0.1, -0.05) is 5.16 Å². The standard InChI is InChI=1S/C13H21N3O2/c1-9-6-12(16-18-9)13(17)15-8-11-4-2-10(7-14)3-5-11/h6,10-11H,2-5,7-8,14H2,1H3,(H,15,17). The molecule has 5 heteroatoms. The molecule has 0 unspecified atom stereocenters. The van der Waals surface area contributed by atoms with Gasteiger partial charge in [0.15, 0.2) is 5.69 Å². The third-order valence-corrected chi connectivity index (χ3v) is 3.71. The first-order valence-corrected chi connectivity index (χ1v) is 6.60. The molecule has 1 fully saturated rings. The number of nitrogens with zero attached hydrogens (tertiary/aromatic N) is 1. The summed E-state index contributed by atoms with van der Waals surface area (Å²) in [5, 5.41) is 6.62. The minimum atomic E-state index is -0.146. The van der Waals surface area contributed by atoms with E-state index in [1.807, 2.05) is 0 Å². The highest BCUT2D eigenvalue weighted by Gasteiger charge is 2.21. The predicted molar refractivity (Wildman–Crippen MR) is 68.1 cm³/mol. The highest BCUT2D eigenvalue weighted by molar-refractivity contribution is 5.92. The van der Waals surface area contributed by atoms with Crippen LogP contribution in [0.3, 0.4) is 0 Å². The van der Waals surface area contributed by atoms with Gasteiger partial charge in [0, 0.05) is 12.6 Å². The summed E-state index contributed by atoms with van der Waals surface area (Å²) in [7, 11) is 0. The number of carbonyl (C=O) groups excluding carboxylic acids is 1. The van der Waals surface area contributed by atoms with Gasteiger partial charge in [0.1, 0.15) is 5.76 Å². The van der Waals surface area contributed by atoms with E-state index in [1.165, 1.54) is 12.8 Å². The van der Waals surface area contributed by atoms with E-state index in [0.717, 1.165) is 25.9 Å². The van der Waals surface area contributed by atoms with Crippen molar-refractivity contribution in [1.82, 2.24) is 10.5 Å². The first-order valence-electron chi connectivity index (χ1n) is 6.60. The lowest BCUT2D eigenvalue weighted by atomic mass is 9.82. The van der Waals surface area contributed by atoms with Gasteiger partial charge in [-0.2, -0.15) is 0 Å². The van der Waals surface area contributed by atoms with Crippen LogP contribution in [0.4, 0.5) is 0 Å². The molecule has 100 valence electrons. The zero-order valence-electron chi connectivity index (χ0n) is 10.8. The molecule has 0 spiro atoms. The molecule has 1 aromatic rings. The molecule has 0 aromatic carbocycles. The van der Waals surface area contributed by atoms with Crippen LogP contribution in [0.1, 0.15) is 41.9 Å². The number of nitrogens with one attached hydrogen (secondary N) is 1. The molecule has 1 aromatic heterocycles. The van der Waals surface area contributed by atoms with Gasteiger partial charge in [-0.25, -0.2) is 0 Å². The van der Waals surface area contributed by atoms with E-state index in [0.29, 0.717) is 23.3 Å². The number of amides is 1. The molecule has 0 atom stereocenters. The Hall–Kier alpha value is -1.36. The number of aryl methyl sites for hydroxylation is 1. The van der Waals surface area contributed by atoms with Crippen LogP contribution in [0.2, 0.25) is 0 Å². The van der Waals surface area contributed by atoms with Crippen LogP contribution in [0.15, 0.2) is 10.6 Å². The number of rotatable bonds is 4. The maximum atomic E-state index is 11.8. The summed E-state index contributed by atoms with van der Waals surface area (Å²) in [6.45, 7) is 3.29. The quantitative estimate of drug-likeness (QED) is 0.849. The average Bonchev–Trinajstić information content (AvgIpc) is 2.83. The molecular formula is C13H21N3O2. The molecule has 1 heterocycles. The Kier molecular flexibility index (Phi) is 4.36. The Bertz CT molecular complexity index is 395. The monoisotopic (exact) mass is 251 g/mol. The SMILES string of the molecule is Cc1cc(C(=O)NCC2CCC(CN)CC2)no1. The Morgan fingerprint density at radius 1 is 1.44 bits per heavy atom. The molecule has 18 heavy (non-hydrogen) atoms. The van der Waals surface area contributed by atoms with Gasteiger partial charge in [-0.15, -0.1) is 0 Å². The topological polar surface area (TPSA) is 81.2 Å². The Morgan fingerprint density at radius 2 is 2.11 bits per heavy atom. The van der Waals surface area contributed by atoms with Crippen LogP contribution >= 0.6 is 0 Å². The van der Waals surface area contributed by atoms with E-state index >= 15 is 0 Å². The van der Waals surface area contributed by atoms with Gasteiger partial charge in [0.05, 0.1) is 0 Å². The highest BCUT2D eigenvalue weighted by atomic mass is 16.5. The molecule has 0 bridgehead atoms. The summed E-state index contributed by atoms with van der Waals surface area (Å²) in [6.07, 6.45) is 4.67. The number of aromatic nitrogens is 1. The maximum absolute atomic E-state index is 11.8. The van der Waals surface area contributed by atoms with Crippen molar-refractivity contribution >= 4 is 5.91 Å². The van der Waals surface area contributed by atoms with Crippen molar-refractivity contribution in [2.24, 2.45) is 17.6 Å². The predicted octanol–water partition coefficient (Wildman–Crippen LogP) is 1.48. The Balaban J connectivity index is 1.74. The molecular weight excluding hydrogens is 230 g/mol. The summed E-state index contributed by atoms with van der Waals surface area (Å²) in [5.41, 5.74) is 6.02. The lowest BCUT2D eigenvalue weighted by molar-refractivity contribution is 0.0932. The van der Waals surface area contributed by atoms with Crippen molar-refractivity contribution in [3.63, 3.8) is 0 Å². The zero-order valence-corrected chi connectivity index (χ0v) is 10.8. The van der Waals surface area contributed by atoms with Crippen LogP contribution in [-0.2, 0) is 0 Å². The van der Waals surface area contributed by atoms with E-state index in [1.54, 1.807) is 13.0 Å². The zero-order chi connectivity index (χ0) is 13.0. The molecule has 0 aliphatic heterocycles. The molecule has 1 saturated carbocycles. The van der Waals surface area contributed by atoms with E-state index in [4.69, 9.17) is 10.3 Å². The smallest absolute Gasteiger partial charge is 0.273 e. The van der Waals surface area contributed by atoms with E-state index < -0.39 is 0 Å². The van der Waals surface area contributed by atoms with Crippen LogP contribution in [0.25, 0.3) is 0 Å². The largest absolute Gasteiger partial charge is 0.361 e. The summed E-state index contributed by atoms with van der Waals surface area (Å²) in [5.74, 6) is 1.76. The Labute approximate surface area is 107 Å². The first kappa shape index (κ1) is 13.1. The van der Waals surface area contributed by atoms with Crippen molar-refractivity contribution in [3.05, 3.63) is 17.5 Å². The fraction of sp³-hybridized carbons (Fsp3) is 0.692. The lowest BCUT2D eigenvalue weighted by Crippen LogP contribution is -2.32. The van der Waals surface area contributed by atoms with Gasteiger partial charge in [-0.3, -0.25) is 4.79 Å². The maximum Gasteiger partial charge on any atom is 0.273 e. The second-order valence-electron chi connectivity index (χ2n) is 5.16. The third-order valence-electron chi connectivity index (χ3n) is 3.71.